The summed E-state index contributed by atoms with van der Waals surface area (Å²) in [5.74, 6) is 0.127. The summed E-state index contributed by atoms with van der Waals surface area (Å²) in [7, 11) is 1.65. The Morgan fingerprint density at radius 1 is 1.30 bits per heavy atom. The SMILES string of the molecule is COCCN1C(=O)Cc2cc3c(cc21)NC(c1ccccn1)N3. The van der Waals surface area contributed by atoms with Crippen molar-refractivity contribution in [3.8, 4) is 0 Å². The minimum Gasteiger partial charge on any atom is -0.383 e. The maximum absolute atomic E-state index is 12.2. The van der Waals surface area contributed by atoms with Crippen molar-refractivity contribution in [1.82, 2.24) is 4.98 Å². The normalized spacial score (nSPS) is 18.4. The van der Waals surface area contributed by atoms with Crippen LogP contribution < -0.4 is 15.5 Å². The highest BCUT2D eigenvalue weighted by Crippen LogP contribution is 2.41. The molecule has 0 saturated carbocycles. The number of amides is 1. The van der Waals surface area contributed by atoms with Gasteiger partial charge in [0.25, 0.3) is 0 Å². The number of hydrogen-bond acceptors (Lipinski definition) is 5. The van der Waals surface area contributed by atoms with Crippen molar-refractivity contribution in [2.24, 2.45) is 0 Å². The summed E-state index contributed by atoms with van der Waals surface area (Å²) in [4.78, 5) is 18.4. The number of carbonyl (C=O) groups is 1. The van der Waals surface area contributed by atoms with E-state index in [0.29, 0.717) is 19.6 Å². The number of methoxy groups -OCH3 is 1. The summed E-state index contributed by atoms with van der Waals surface area (Å²) in [6, 6.07) is 9.96. The van der Waals surface area contributed by atoms with Crippen molar-refractivity contribution in [2.45, 2.75) is 12.6 Å². The summed E-state index contributed by atoms with van der Waals surface area (Å²) < 4.78 is 5.10. The molecule has 0 radical (unpaired) electrons. The van der Waals surface area contributed by atoms with Crippen LogP contribution in [0.2, 0.25) is 0 Å². The number of anilines is 3. The fraction of sp³-hybridized carbons (Fsp3) is 0.294. The van der Waals surface area contributed by atoms with Crippen LogP contribution in [0.25, 0.3) is 0 Å². The van der Waals surface area contributed by atoms with Crippen molar-refractivity contribution in [2.75, 3.05) is 35.8 Å². The van der Waals surface area contributed by atoms with E-state index >= 15 is 0 Å². The van der Waals surface area contributed by atoms with Crippen molar-refractivity contribution >= 4 is 23.0 Å². The number of nitrogens with zero attached hydrogens (tertiary/aromatic N) is 2. The topological polar surface area (TPSA) is 66.5 Å². The minimum absolute atomic E-state index is 0.0446. The second-order valence-corrected chi connectivity index (χ2v) is 5.72. The largest absolute Gasteiger partial charge is 0.383 e. The molecule has 3 heterocycles. The lowest BCUT2D eigenvalue weighted by molar-refractivity contribution is -0.117. The zero-order chi connectivity index (χ0) is 15.8. The van der Waals surface area contributed by atoms with Crippen LogP contribution in [0.1, 0.15) is 17.4 Å². The maximum Gasteiger partial charge on any atom is 0.231 e. The van der Waals surface area contributed by atoms with Gasteiger partial charge in [-0.2, -0.15) is 0 Å². The zero-order valence-corrected chi connectivity index (χ0v) is 12.9. The van der Waals surface area contributed by atoms with Crippen molar-refractivity contribution in [3.05, 3.63) is 47.8 Å². The molecule has 2 N–H and O–H groups in total. The van der Waals surface area contributed by atoms with Crippen LogP contribution in [-0.2, 0) is 16.0 Å². The molecule has 1 aromatic carbocycles. The smallest absolute Gasteiger partial charge is 0.231 e. The minimum atomic E-state index is -0.0446. The molecule has 0 fully saturated rings. The third-order valence-electron chi connectivity index (χ3n) is 4.25. The Morgan fingerprint density at radius 2 is 2.13 bits per heavy atom. The second kappa shape index (κ2) is 5.55. The molecule has 1 aromatic heterocycles. The van der Waals surface area contributed by atoms with E-state index in [1.165, 1.54) is 0 Å². The van der Waals surface area contributed by atoms with E-state index in [4.69, 9.17) is 4.74 Å². The van der Waals surface area contributed by atoms with Gasteiger partial charge in [-0.1, -0.05) is 6.07 Å². The van der Waals surface area contributed by atoms with Crippen LogP contribution in [-0.4, -0.2) is 31.2 Å². The van der Waals surface area contributed by atoms with Crippen LogP contribution in [0.3, 0.4) is 0 Å². The van der Waals surface area contributed by atoms with Gasteiger partial charge in [0.05, 0.1) is 30.1 Å². The number of rotatable bonds is 4. The van der Waals surface area contributed by atoms with E-state index in [1.807, 2.05) is 24.3 Å². The van der Waals surface area contributed by atoms with Gasteiger partial charge in [-0.15, -0.1) is 0 Å². The molecule has 2 aliphatic rings. The number of hydrogen-bond donors (Lipinski definition) is 2. The van der Waals surface area contributed by atoms with Crippen molar-refractivity contribution in [1.29, 1.82) is 0 Å². The summed E-state index contributed by atoms with van der Waals surface area (Å²) in [5, 5.41) is 6.85. The molecule has 4 rings (SSSR count). The molecule has 1 unspecified atom stereocenters. The van der Waals surface area contributed by atoms with Gasteiger partial charge >= 0.3 is 0 Å². The Balaban J connectivity index is 1.62. The molecule has 23 heavy (non-hydrogen) atoms. The first-order valence-electron chi connectivity index (χ1n) is 7.66. The van der Waals surface area contributed by atoms with Crippen LogP contribution in [0.5, 0.6) is 0 Å². The molecule has 6 heteroatoms. The molecule has 118 valence electrons. The first kappa shape index (κ1) is 14.0. The molecular weight excluding hydrogens is 292 g/mol. The van der Waals surface area contributed by atoms with E-state index < -0.39 is 0 Å². The van der Waals surface area contributed by atoms with Crippen LogP contribution in [0.15, 0.2) is 36.5 Å². The number of ether oxygens (including phenoxy) is 1. The van der Waals surface area contributed by atoms with E-state index in [0.717, 1.165) is 28.3 Å². The van der Waals surface area contributed by atoms with Gasteiger partial charge in [0.2, 0.25) is 5.91 Å². The van der Waals surface area contributed by atoms with E-state index in [9.17, 15) is 4.79 Å². The summed E-state index contributed by atoms with van der Waals surface area (Å²) in [6.07, 6.45) is 2.19. The fourth-order valence-corrected chi connectivity index (χ4v) is 3.13. The molecule has 6 nitrogen and oxygen atoms in total. The molecule has 0 bridgehead atoms. The first-order valence-corrected chi connectivity index (χ1v) is 7.66. The molecule has 1 atom stereocenters. The standard InChI is InChI=1S/C17H18N4O2/c1-23-7-6-21-15-10-14-13(8-11(15)9-16(21)22)19-17(20-14)12-4-2-3-5-18-12/h2-5,8,10,17,19-20H,6-7,9H2,1H3. The predicted molar refractivity (Wildman–Crippen MR) is 88.6 cm³/mol. The van der Waals surface area contributed by atoms with Gasteiger partial charge in [-0.05, 0) is 29.8 Å². The van der Waals surface area contributed by atoms with Gasteiger partial charge in [-0.25, -0.2) is 0 Å². The lowest BCUT2D eigenvalue weighted by Crippen LogP contribution is -2.30. The average Bonchev–Trinajstić information content (AvgIpc) is 3.11. The number of nitrogens with one attached hydrogen (secondary N) is 2. The summed E-state index contributed by atoms with van der Waals surface area (Å²) in [5.41, 5.74) is 4.98. The Bertz CT molecular complexity index is 748. The maximum atomic E-state index is 12.2. The lowest BCUT2D eigenvalue weighted by Gasteiger charge is -2.17. The highest BCUT2D eigenvalue weighted by Gasteiger charge is 2.31. The molecule has 2 aliphatic heterocycles. The summed E-state index contributed by atoms with van der Waals surface area (Å²) in [6.45, 7) is 1.11. The average molecular weight is 310 g/mol. The Kier molecular flexibility index (Phi) is 3.38. The number of carbonyl (C=O) groups excluding carboxylic acids is 1. The number of benzene rings is 1. The molecule has 0 saturated heterocycles. The van der Waals surface area contributed by atoms with Crippen molar-refractivity contribution in [3.63, 3.8) is 0 Å². The number of aromatic nitrogens is 1. The van der Waals surface area contributed by atoms with Crippen LogP contribution >= 0.6 is 0 Å². The van der Waals surface area contributed by atoms with E-state index in [-0.39, 0.29) is 12.1 Å². The molecule has 0 aliphatic carbocycles. The van der Waals surface area contributed by atoms with Gasteiger partial charge in [-0.3, -0.25) is 9.78 Å². The lowest BCUT2D eigenvalue weighted by atomic mass is 10.1. The fourth-order valence-electron chi connectivity index (χ4n) is 3.13. The molecule has 1 amide bonds. The van der Waals surface area contributed by atoms with Gasteiger partial charge in [0, 0.05) is 25.5 Å². The Hall–Kier alpha value is -2.60. The monoisotopic (exact) mass is 310 g/mol. The third-order valence-corrected chi connectivity index (χ3v) is 4.25. The van der Waals surface area contributed by atoms with Gasteiger partial charge in [0.15, 0.2) is 0 Å². The second-order valence-electron chi connectivity index (χ2n) is 5.72. The first-order chi connectivity index (χ1) is 11.3. The molecular formula is C17H18N4O2. The van der Waals surface area contributed by atoms with Crippen LogP contribution in [0, 0.1) is 0 Å². The molecule has 0 spiro atoms. The summed E-state index contributed by atoms with van der Waals surface area (Å²) >= 11 is 0. The highest BCUT2D eigenvalue weighted by molar-refractivity contribution is 6.03. The van der Waals surface area contributed by atoms with Crippen LogP contribution in [0.4, 0.5) is 17.1 Å². The third kappa shape index (κ3) is 2.41. The quantitative estimate of drug-likeness (QED) is 0.906. The van der Waals surface area contributed by atoms with E-state index in [2.05, 4.69) is 21.7 Å². The zero-order valence-electron chi connectivity index (χ0n) is 12.9. The van der Waals surface area contributed by atoms with E-state index in [1.54, 1.807) is 18.2 Å². The van der Waals surface area contributed by atoms with Gasteiger partial charge in [0.1, 0.15) is 6.17 Å². The Morgan fingerprint density at radius 3 is 2.87 bits per heavy atom. The number of pyridine rings is 1. The van der Waals surface area contributed by atoms with Gasteiger partial charge < -0.3 is 20.3 Å². The number of fused-ring (bicyclic) bond motifs is 2. The van der Waals surface area contributed by atoms with Crippen molar-refractivity contribution < 1.29 is 9.53 Å². The Labute approximate surface area is 134 Å². The molecule has 2 aromatic rings. The predicted octanol–water partition coefficient (Wildman–Crippen LogP) is 2.15. The highest BCUT2D eigenvalue weighted by atomic mass is 16.5.